The predicted octanol–water partition coefficient (Wildman–Crippen LogP) is 2.54. The average molecular weight is 336 g/mol. The van der Waals surface area contributed by atoms with Crippen molar-refractivity contribution < 1.29 is 21.9 Å². The second kappa shape index (κ2) is 6.86. The van der Waals surface area contributed by atoms with Gasteiger partial charge >= 0.3 is 10.4 Å². The zero-order chi connectivity index (χ0) is 17.0. The highest BCUT2D eigenvalue weighted by Crippen LogP contribution is 2.26. The van der Waals surface area contributed by atoms with E-state index in [1.54, 1.807) is 7.11 Å². The molecule has 0 fully saturated rings. The van der Waals surface area contributed by atoms with Gasteiger partial charge in [-0.25, -0.2) is 9.97 Å². The highest BCUT2D eigenvalue weighted by molar-refractivity contribution is 7.80. The number of methoxy groups -OCH3 is 1. The molecule has 23 heavy (non-hydrogen) atoms. The maximum atomic E-state index is 9.33. The Morgan fingerprint density at radius 3 is 1.96 bits per heavy atom. The van der Waals surface area contributed by atoms with Crippen LogP contribution in [0.5, 0.6) is 5.75 Å². The van der Waals surface area contributed by atoms with E-state index in [0.29, 0.717) is 0 Å². The van der Waals surface area contributed by atoms with Gasteiger partial charge in [0.05, 0.1) is 30.8 Å². The van der Waals surface area contributed by atoms with Gasteiger partial charge in [-0.1, -0.05) is 18.2 Å². The fourth-order valence-electron chi connectivity index (χ4n) is 1.97. The largest absolute Gasteiger partial charge is 0.494 e. The predicted molar refractivity (Wildman–Crippen MR) is 86.9 cm³/mol. The maximum absolute atomic E-state index is 9.33. The van der Waals surface area contributed by atoms with Crippen molar-refractivity contribution in [3.8, 4) is 5.75 Å². The summed E-state index contributed by atoms with van der Waals surface area (Å²) < 4.78 is 35.0. The Hall–Kier alpha value is -2.29. The molecule has 1 heterocycles. The van der Waals surface area contributed by atoms with Gasteiger partial charge in [0, 0.05) is 0 Å². The summed E-state index contributed by atoms with van der Waals surface area (Å²) in [6, 6.07) is 11.8. The number of nitrogens with zero attached hydrogens (tertiary/aromatic N) is 2. The number of aryl methyl sites for hydroxylation is 1. The number of rotatable bonds is 2. The second-order valence-electron chi connectivity index (χ2n) is 4.59. The van der Waals surface area contributed by atoms with Crippen LogP contribution in [-0.2, 0) is 14.6 Å². The monoisotopic (exact) mass is 336 g/mol. The van der Waals surface area contributed by atoms with Gasteiger partial charge in [0.25, 0.3) is 0 Å². The number of ether oxygens (including phenoxy) is 1. The van der Waals surface area contributed by atoms with Crippen LogP contribution in [0.15, 0.2) is 36.4 Å². The summed E-state index contributed by atoms with van der Waals surface area (Å²) in [5, 5.41) is 0. The van der Waals surface area contributed by atoms with Gasteiger partial charge in [0.1, 0.15) is 11.3 Å². The lowest BCUT2D eigenvalue weighted by atomic mass is 10.1. The first-order valence-electron chi connectivity index (χ1n) is 6.59. The number of benzene rings is 2. The fraction of sp³-hybridized carbons (Fsp3) is 0.200. The molecule has 0 spiro atoms. The van der Waals surface area contributed by atoms with Crippen LogP contribution in [0.3, 0.4) is 0 Å². The summed E-state index contributed by atoms with van der Waals surface area (Å²) in [5.41, 5.74) is 4.65. The number of para-hydroxylation sites is 2. The third kappa shape index (κ3) is 4.13. The lowest BCUT2D eigenvalue weighted by Gasteiger charge is -2.07. The third-order valence-electron chi connectivity index (χ3n) is 3.09. The topological polar surface area (TPSA) is 98.6 Å². The zero-order valence-corrected chi connectivity index (χ0v) is 13.7. The summed E-state index contributed by atoms with van der Waals surface area (Å²) in [6.07, 6.45) is 0. The van der Waals surface area contributed by atoms with Crippen LogP contribution in [0.25, 0.3) is 22.1 Å². The first-order chi connectivity index (χ1) is 10.9. The molecule has 1 N–H and O–H groups in total. The summed E-state index contributed by atoms with van der Waals surface area (Å²) >= 11 is 0. The van der Waals surface area contributed by atoms with E-state index in [4.69, 9.17) is 9.29 Å². The third-order valence-corrected chi connectivity index (χ3v) is 3.51. The van der Waals surface area contributed by atoms with Crippen molar-refractivity contribution in [3.63, 3.8) is 0 Å². The van der Waals surface area contributed by atoms with Crippen molar-refractivity contribution in [3.05, 3.63) is 42.0 Å². The standard InChI is InChI=1S/C14H12N2O.CH4O4S/c1-9-7-8-12(17-2)14-13(9)15-10-5-3-4-6-11(10)16-14;1-5-6(2,3)4/h3-8H,1-2H3;1H3,(H,2,3,4). The summed E-state index contributed by atoms with van der Waals surface area (Å²) in [6.45, 7) is 2.03. The van der Waals surface area contributed by atoms with Gasteiger partial charge in [-0.15, -0.1) is 0 Å². The normalized spacial score (nSPS) is 11.1. The number of hydrogen-bond donors (Lipinski definition) is 1. The van der Waals surface area contributed by atoms with Crippen molar-refractivity contribution in [1.29, 1.82) is 0 Å². The molecule has 2 aromatic carbocycles. The van der Waals surface area contributed by atoms with E-state index in [0.717, 1.165) is 40.5 Å². The first kappa shape index (κ1) is 17.1. The highest BCUT2D eigenvalue weighted by Gasteiger charge is 2.08. The van der Waals surface area contributed by atoms with Gasteiger partial charge < -0.3 is 4.74 Å². The van der Waals surface area contributed by atoms with Gasteiger partial charge in [-0.2, -0.15) is 8.42 Å². The van der Waals surface area contributed by atoms with Crippen LogP contribution < -0.4 is 4.74 Å². The Bertz CT molecular complexity index is 941. The van der Waals surface area contributed by atoms with Crippen LogP contribution in [0.1, 0.15) is 5.56 Å². The molecule has 0 unspecified atom stereocenters. The molecular weight excluding hydrogens is 320 g/mol. The maximum Gasteiger partial charge on any atom is 0.397 e. The molecule has 0 saturated heterocycles. The van der Waals surface area contributed by atoms with E-state index in [2.05, 4.69) is 14.2 Å². The van der Waals surface area contributed by atoms with Gasteiger partial charge in [0.2, 0.25) is 0 Å². The van der Waals surface area contributed by atoms with Crippen LogP contribution >= 0.6 is 0 Å². The molecule has 0 radical (unpaired) electrons. The Morgan fingerprint density at radius 1 is 0.957 bits per heavy atom. The Balaban J connectivity index is 0.000000277. The molecule has 3 aromatic rings. The van der Waals surface area contributed by atoms with E-state index in [1.807, 2.05) is 43.3 Å². The molecule has 0 aliphatic rings. The molecule has 8 heteroatoms. The molecular formula is C15H16N2O5S. The minimum atomic E-state index is -4.16. The minimum absolute atomic E-state index is 0.767. The van der Waals surface area contributed by atoms with Crippen LogP contribution in [0.4, 0.5) is 0 Å². The van der Waals surface area contributed by atoms with Gasteiger partial charge in [-0.05, 0) is 30.7 Å². The van der Waals surface area contributed by atoms with Gasteiger partial charge in [0.15, 0.2) is 0 Å². The van der Waals surface area contributed by atoms with Crippen LogP contribution in [0.2, 0.25) is 0 Å². The SMILES string of the molecule is COS(=O)(=O)O.COc1ccc(C)c2nc3ccccc3nc12. The molecule has 122 valence electrons. The van der Waals surface area contributed by atoms with Crippen LogP contribution in [0, 0.1) is 6.92 Å². The van der Waals surface area contributed by atoms with Crippen molar-refractivity contribution in [2.24, 2.45) is 0 Å². The zero-order valence-electron chi connectivity index (χ0n) is 12.8. The molecule has 0 atom stereocenters. The van der Waals surface area contributed by atoms with E-state index < -0.39 is 10.4 Å². The molecule has 0 amide bonds. The molecule has 3 rings (SSSR count). The Morgan fingerprint density at radius 2 is 1.48 bits per heavy atom. The lowest BCUT2D eigenvalue weighted by Crippen LogP contribution is -1.96. The molecule has 0 aliphatic carbocycles. The van der Waals surface area contributed by atoms with E-state index in [1.165, 1.54) is 0 Å². The van der Waals surface area contributed by atoms with Crippen molar-refractivity contribution >= 4 is 32.5 Å². The molecule has 0 bridgehead atoms. The molecule has 0 saturated carbocycles. The highest BCUT2D eigenvalue weighted by atomic mass is 32.3. The van der Waals surface area contributed by atoms with Crippen molar-refractivity contribution in [2.75, 3.05) is 14.2 Å². The molecule has 1 aromatic heterocycles. The van der Waals surface area contributed by atoms with E-state index in [-0.39, 0.29) is 0 Å². The minimum Gasteiger partial charge on any atom is -0.494 e. The number of aromatic nitrogens is 2. The summed E-state index contributed by atoms with van der Waals surface area (Å²) in [5.74, 6) is 0.767. The van der Waals surface area contributed by atoms with Gasteiger partial charge in [-0.3, -0.25) is 8.74 Å². The van der Waals surface area contributed by atoms with Crippen molar-refractivity contribution in [1.82, 2.24) is 9.97 Å². The smallest absolute Gasteiger partial charge is 0.397 e. The number of fused-ring (bicyclic) bond motifs is 2. The Kier molecular flexibility index (Phi) is 5.09. The summed E-state index contributed by atoms with van der Waals surface area (Å²) in [4.78, 5) is 9.27. The second-order valence-corrected chi connectivity index (χ2v) is 5.78. The molecule has 0 aliphatic heterocycles. The Labute approximate surface area is 133 Å². The van der Waals surface area contributed by atoms with E-state index in [9.17, 15) is 8.42 Å². The fourth-order valence-corrected chi connectivity index (χ4v) is 1.97. The molecule has 7 nitrogen and oxygen atoms in total. The van der Waals surface area contributed by atoms with Crippen molar-refractivity contribution in [2.45, 2.75) is 6.92 Å². The number of hydrogen-bond acceptors (Lipinski definition) is 6. The average Bonchev–Trinajstić information content (AvgIpc) is 2.54. The first-order valence-corrected chi connectivity index (χ1v) is 7.95. The summed E-state index contributed by atoms with van der Waals surface area (Å²) in [7, 11) is -1.64. The lowest BCUT2D eigenvalue weighted by molar-refractivity contribution is 0.324. The van der Waals surface area contributed by atoms with Crippen LogP contribution in [-0.4, -0.2) is 37.2 Å². The quantitative estimate of drug-likeness (QED) is 0.567. The van der Waals surface area contributed by atoms with E-state index >= 15 is 0 Å².